The molecule has 1 saturated heterocycles. The third-order valence-electron chi connectivity index (χ3n) is 5.43. The summed E-state index contributed by atoms with van der Waals surface area (Å²) in [6, 6.07) is 10.6. The zero-order valence-corrected chi connectivity index (χ0v) is 15.7. The fourth-order valence-electron chi connectivity index (χ4n) is 3.58. The van der Waals surface area contributed by atoms with Crippen LogP contribution >= 0.6 is 0 Å². The third kappa shape index (κ3) is 3.25. The molecule has 142 valence electrons. The van der Waals surface area contributed by atoms with E-state index in [0.29, 0.717) is 18.7 Å². The van der Waals surface area contributed by atoms with Crippen LogP contribution in [0.5, 0.6) is 0 Å². The van der Waals surface area contributed by atoms with Crippen molar-refractivity contribution >= 4 is 11.9 Å². The van der Waals surface area contributed by atoms with Crippen LogP contribution in [0.3, 0.4) is 0 Å². The van der Waals surface area contributed by atoms with E-state index in [1.807, 2.05) is 44.2 Å². The van der Waals surface area contributed by atoms with Gasteiger partial charge in [0.05, 0.1) is 11.1 Å². The normalized spacial score (nSPS) is 19.5. The van der Waals surface area contributed by atoms with Crippen LogP contribution in [0.4, 0.5) is 0 Å². The van der Waals surface area contributed by atoms with Crippen LogP contribution in [0.1, 0.15) is 36.5 Å². The maximum atomic E-state index is 13.0. The molecule has 0 aliphatic carbocycles. The molecule has 7 nitrogen and oxygen atoms in total. The predicted molar refractivity (Wildman–Crippen MR) is 100.0 cm³/mol. The van der Waals surface area contributed by atoms with Crippen molar-refractivity contribution in [3.05, 3.63) is 58.0 Å². The van der Waals surface area contributed by atoms with E-state index in [2.05, 4.69) is 5.10 Å². The summed E-state index contributed by atoms with van der Waals surface area (Å²) in [4.78, 5) is 38.6. The molecule has 1 amide bonds. The minimum atomic E-state index is -0.987. The van der Waals surface area contributed by atoms with E-state index in [4.69, 9.17) is 0 Å². The number of nitrogens with zero attached hydrogens (tertiary/aromatic N) is 3. The molecule has 2 heterocycles. The highest BCUT2D eigenvalue weighted by molar-refractivity contribution is 5.93. The van der Waals surface area contributed by atoms with Crippen molar-refractivity contribution in [1.29, 1.82) is 0 Å². The quantitative estimate of drug-likeness (QED) is 0.891. The van der Waals surface area contributed by atoms with Crippen LogP contribution in [-0.4, -0.2) is 44.8 Å². The van der Waals surface area contributed by atoms with Gasteiger partial charge in [0.25, 0.3) is 5.91 Å². The summed E-state index contributed by atoms with van der Waals surface area (Å²) in [6.45, 7) is 5.81. The lowest BCUT2D eigenvalue weighted by Crippen LogP contribution is -2.42. The maximum absolute atomic E-state index is 13.0. The average Bonchev–Trinajstić information content (AvgIpc) is 3.09. The molecule has 0 saturated carbocycles. The van der Waals surface area contributed by atoms with E-state index >= 15 is 0 Å². The molecular formula is C20H23N3O4. The Bertz CT molecular complexity index is 936. The summed E-state index contributed by atoms with van der Waals surface area (Å²) in [5.74, 6) is -1.56. The monoisotopic (exact) mass is 369 g/mol. The molecule has 1 aliphatic heterocycles. The lowest BCUT2D eigenvalue weighted by atomic mass is 9.76. The molecule has 1 aromatic carbocycles. The highest BCUT2D eigenvalue weighted by Gasteiger charge is 2.49. The fraction of sp³-hybridized carbons (Fsp3) is 0.400. The first-order chi connectivity index (χ1) is 12.8. The zero-order chi connectivity index (χ0) is 19.8. The Kier molecular flexibility index (Phi) is 4.87. The standard InChI is InChI=1S/C20H23N3O4/c1-13(2)20(19(26)27)9-10-22(12-20)18(25)17-16(24)11-14(3)23(21-17)15-7-5-4-6-8-15/h4-8,11,13H,9-10,12H2,1-3H3,(H,26,27). The number of carboxylic acid groups (broad SMARTS) is 1. The van der Waals surface area contributed by atoms with Gasteiger partial charge in [0.2, 0.25) is 5.43 Å². The Hall–Kier alpha value is -2.96. The van der Waals surface area contributed by atoms with E-state index in [0.717, 1.165) is 5.69 Å². The minimum Gasteiger partial charge on any atom is -0.481 e. The van der Waals surface area contributed by atoms with Crippen LogP contribution < -0.4 is 5.43 Å². The highest BCUT2D eigenvalue weighted by Crippen LogP contribution is 2.38. The number of hydrogen-bond acceptors (Lipinski definition) is 4. The Morgan fingerprint density at radius 3 is 2.44 bits per heavy atom. The SMILES string of the molecule is Cc1cc(=O)c(C(=O)N2CCC(C(=O)O)(C(C)C)C2)nn1-c1ccccc1. The van der Waals surface area contributed by atoms with Crippen molar-refractivity contribution in [2.24, 2.45) is 11.3 Å². The number of aromatic nitrogens is 2. The maximum Gasteiger partial charge on any atom is 0.311 e. The van der Waals surface area contributed by atoms with Crippen molar-refractivity contribution in [2.75, 3.05) is 13.1 Å². The van der Waals surface area contributed by atoms with Crippen LogP contribution in [0.15, 0.2) is 41.2 Å². The number of likely N-dealkylation sites (tertiary alicyclic amines) is 1. The second-order valence-corrected chi connectivity index (χ2v) is 7.34. The van der Waals surface area contributed by atoms with Crippen LogP contribution in [0.2, 0.25) is 0 Å². The van der Waals surface area contributed by atoms with Crippen molar-refractivity contribution in [1.82, 2.24) is 14.7 Å². The number of benzene rings is 1. The van der Waals surface area contributed by atoms with E-state index in [1.54, 1.807) is 11.6 Å². The summed E-state index contributed by atoms with van der Waals surface area (Å²) in [7, 11) is 0. The smallest absolute Gasteiger partial charge is 0.311 e. The van der Waals surface area contributed by atoms with E-state index < -0.39 is 22.7 Å². The van der Waals surface area contributed by atoms with E-state index in [-0.39, 0.29) is 18.2 Å². The van der Waals surface area contributed by atoms with Gasteiger partial charge in [-0.25, -0.2) is 4.68 Å². The number of aliphatic carboxylic acids is 1. The largest absolute Gasteiger partial charge is 0.481 e. The summed E-state index contributed by atoms with van der Waals surface area (Å²) in [5.41, 5.74) is -0.269. The van der Waals surface area contributed by atoms with Gasteiger partial charge in [0.1, 0.15) is 0 Å². The first-order valence-electron chi connectivity index (χ1n) is 8.95. The van der Waals surface area contributed by atoms with Crippen molar-refractivity contribution in [2.45, 2.75) is 27.2 Å². The number of amides is 1. The van der Waals surface area contributed by atoms with Gasteiger partial charge in [-0.3, -0.25) is 14.4 Å². The Morgan fingerprint density at radius 1 is 1.22 bits per heavy atom. The minimum absolute atomic E-state index is 0.0825. The Labute approximate surface area is 157 Å². The second kappa shape index (κ2) is 6.98. The van der Waals surface area contributed by atoms with Crippen LogP contribution in [-0.2, 0) is 4.79 Å². The van der Waals surface area contributed by atoms with Crippen molar-refractivity contribution in [3.8, 4) is 5.69 Å². The Morgan fingerprint density at radius 2 is 1.89 bits per heavy atom. The lowest BCUT2D eigenvalue weighted by Gasteiger charge is -2.28. The number of aryl methyl sites for hydroxylation is 1. The molecule has 1 fully saturated rings. The van der Waals surface area contributed by atoms with Gasteiger partial charge in [-0.15, -0.1) is 0 Å². The topological polar surface area (TPSA) is 92.5 Å². The van der Waals surface area contributed by atoms with Gasteiger partial charge >= 0.3 is 5.97 Å². The highest BCUT2D eigenvalue weighted by atomic mass is 16.4. The van der Waals surface area contributed by atoms with Gasteiger partial charge in [0, 0.05) is 24.8 Å². The fourth-order valence-corrected chi connectivity index (χ4v) is 3.58. The molecule has 0 spiro atoms. The van der Waals surface area contributed by atoms with Crippen molar-refractivity contribution < 1.29 is 14.7 Å². The van der Waals surface area contributed by atoms with Gasteiger partial charge in [-0.2, -0.15) is 5.10 Å². The predicted octanol–water partition coefficient (Wildman–Crippen LogP) is 2.11. The molecule has 7 heteroatoms. The van der Waals surface area contributed by atoms with Crippen LogP contribution in [0, 0.1) is 18.3 Å². The van der Waals surface area contributed by atoms with Gasteiger partial charge in [-0.1, -0.05) is 32.0 Å². The summed E-state index contributed by atoms with van der Waals surface area (Å²) in [5, 5.41) is 14.0. The molecule has 2 aromatic rings. The van der Waals surface area contributed by atoms with Gasteiger partial charge in [0.15, 0.2) is 5.69 Å². The number of hydrogen-bond donors (Lipinski definition) is 1. The first kappa shape index (κ1) is 18.8. The number of carbonyl (C=O) groups excluding carboxylic acids is 1. The summed E-state index contributed by atoms with van der Waals surface area (Å²) < 4.78 is 1.55. The number of carbonyl (C=O) groups is 2. The molecule has 1 atom stereocenters. The van der Waals surface area contributed by atoms with Crippen LogP contribution in [0.25, 0.3) is 5.69 Å². The number of para-hydroxylation sites is 1. The summed E-state index contributed by atoms with van der Waals surface area (Å²) >= 11 is 0. The Balaban J connectivity index is 1.97. The molecular weight excluding hydrogens is 346 g/mol. The molecule has 1 N–H and O–H groups in total. The molecule has 1 aromatic heterocycles. The molecule has 27 heavy (non-hydrogen) atoms. The van der Waals surface area contributed by atoms with Gasteiger partial charge in [-0.05, 0) is 31.4 Å². The van der Waals surface area contributed by atoms with E-state index in [1.165, 1.54) is 11.0 Å². The number of carboxylic acids is 1. The third-order valence-corrected chi connectivity index (χ3v) is 5.43. The average molecular weight is 369 g/mol. The number of rotatable bonds is 4. The second-order valence-electron chi connectivity index (χ2n) is 7.34. The van der Waals surface area contributed by atoms with E-state index in [9.17, 15) is 19.5 Å². The zero-order valence-electron chi connectivity index (χ0n) is 15.7. The molecule has 3 rings (SSSR count). The lowest BCUT2D eigenvalue weighted by molar-refractivity contribution is -0.150. The first-order valence-corrected chi connectivity index (χ1v) is 8.95. The molecule has 0 bridgehead atoms. The molecule has 1 unspecified atom stereocenters. The molecule has 0 radical (unpaired) electrons. The molecule has 1 aliphatic rings. The summed E-state index contributed by atoms with van der Waals surface area (Å²) in [6.07, 6.45) is 0.366. The van der Waals surface area contributed by atoms with Crippen molar-refractivity contribution in [3.63, 3.8) is 0 Å². The van der Waals surface area contributed by atoms with Gasteiger partial charge < -0.3 is 10.0 Å².